The highest BCUT2D eigenvalue weighted by Crippen LogP contribution is 2.14. The second-order valence-corrected chi connectivity index (χ2v) is 3.27. The summed E-state index contributed by atoms with van der Waals surface area (Å²) in [4.78, 5) is 11.3. The van der Waals surface area contributed by atoms with Gasteiger partial charge in [-0.25, -0.2) is 0 Å². The predicted molar refractivity (Wildman–Crippen MR) is 55.9 cm³/mol. The van der Waals surface area contributed by atoms with Crippen molar-refractivity contribution < 1.29 is 9.53 Å². The fourth-order valence-electron chi connectivity index (χ4n) is 1.44. The average Bonchev–Trinajstić information content (AvgIpc) is 2.12. The van der Waals surface area contributed by atoms with Gasteiger partial charge >= 0.3 is 5.97 Å². The molecule has 0 aromatic heterocycles. The van der Waals surface area contributed by atoms with Gasteiger partial charge in [-0.15, -0.1) is 0 Å². The number of benzene rings is 1. The van der Waals surface area contributed by atoms with Crippen LogP contribution in [0.1, 0.15) is 16.7 Å². The Balaban J connectivity index is 2.80. The number of rotatable bonds is 3. The first-order chi connectivity index (χ1) is 6.65. The summed E-state index contributed by atoms with van der Waals surface area (Å²) in [6.07, 6.45) is 0.341. The zero-order valence-corrected chi connectivity index (χ0v) is 8.67. The van der Waals surface area contributed by atoms with Gasteiger partial charge in [0.25, 0.3) is 0 Å². The SMILES string of the molecule is [CH2]COC(=O)Cc1c(C)cccc1C. The normalized spacial score (nSPS) is 9.93. The second kappa shape index (κ2) is 4.80. The summed E-state index contributed by atoms with van der Waals surface area (Å²) in [7, 11) is 0. The lowest BCUT2D eigenvalue weighted by Gasteiger charge is -2.08. The molecule has 0 saturated carbocycles. The van der Waals surface area contributed by atoms with Crippen molar-refractivity contribution in [1.29, 1.82) is 0 Å². The summed E-state index contributed by atoms with van der Waals surface area (Å²) in [6, 6.07) is 5.99. The summed E-state index contributed by atoms with van der Waals surface area (Å²) in [6.45, 7) is 7.67. The van der Waals surface area contributed by atoms with Crippen LogP contribution in [-0.2, 0) is 16.0 Å². The third kappa shape index (κ3) is 2.59. The number of hydrogen-bond donors (Lipinski definition) is 0. The largest absolute Gasteiger partial charge is 0.465 e. The van der Waals surface area contributed by atoms with Crippen molar-refractivity contribution in [2.45, 2.75) is 20.3 Å². The molecular weight excluding hydrogens is 176 g/mol. The minimum absolute atomic E-state index is 0.198. The standard InChI is InChI=1S/C12H15O2/c1-4-14-12(13)8-11-9(2)6-5-7-10(11)3/h5-7H,1,4,8H2,2-3H3. The highest BCUT2D eigenvalue weighted by Gasteiger charge is 2.08. The van der Waals surface area contributed by atoms with E-state index in [0.29, 0.717) is 6.42 Å². The van der Waals surface area contributed by atoms with Gasteiger partial charge in [0, 0.05) is 0 Å². The van der Waals surface area contributed by atoms with E-state index in [2.05, 4.69) is 6.92 Å². The van der Waals surface area contributed by atoms with Gasteiger partial charge in [0.15, 0.2) is 0 Å². The van der Waals surface area contributed by atoms with Gasteiger partial charge in [-0.1, -0.05) is 18.2 Å². The summed E-state index contributed by atoms with van der Waals surface area (Å²) in [5.41, 5.74) is 3.32. The fourth-order valence-corrected chi connectivity index (χ4v) is 1.44. The van der Waals surface area contributed by atoms with E-state index in [1.54, 1.807) is 0 Å². The number of ether oxygens (including phenoxy) is 1. The molecule has 2 heteroatoms. The average molecular weight is 191 g/mol. The molecule has 1 rings (SSSR count). The van der Waals surface area contributed by atoms with Crippen LogP contribution >= 0.6 is 0 Å². The van der Waals surface area contributed by atoms with E-state index < -0.39 is 0 Å². The molecule has 0 aliphatic carbocycles. The van der Waals surface area contributed by atoms with Crippen LogP contribution in [0.5, 0.6) is 0 Å². The van der Waals surface area contributed by atoms with Crippen molar-refractivity contribution in [3.05, 3.63) is 41.8 Å². The Bertz CT molecular complexity index is 309. The molecule has 0 fully saturated rings. The predicted octanol–water partition coefficient (Wildman–Crippen LogP) is 2.22. The molecule has 0 spiro atoms. The van der Waals surface area contributed by atoms with Crippen molar-refractivity contribution in [1.82, 2.24) is 0 Å². The van der Waals surface area contributed by atoms with Gasteiger partial charge in [-0.3, -0.25) is 4.79 Å². The summed E-state index contributed by atoms with van der Waals surface area (Å²) in [5, 5.41) is 0. The van der Waals surface area contributed by atoms with Gasteiger partial charge in [0.2, 0.25) is 0 Å². The third-order valence-corrected chi connectivity index (χ3v) is 2.23. The summed E-state index contributed by atoms with van der Waals surface area (Å²) >= 11 is 0. The molecule has 1 radical (unpaired) electrons. The monoisotopic (exact) mass is 191 g/mol. The van der Waals surface area contributed by atoms with E-state index in [-0.39, 0.29) is 12.6 Å². The Kier molecular flexibility index (Phi) is 3.69. The molecule has 2 nitrogen and oxygen atoms in total. The van der Waals surface area contributed by atoms with E-state index >= 15 is 0 Å². The Morgan fingerprint density at radius 1 is 1.36 bits per heavy atom. The molecule has 0 unspecified atom stereocenters. The van der Waals surface area contributed by atoms with Crippen molar-refractivity contribution in [3.63, 3.8) is 0 Å². The highest BCUT2D eigenvalue weighted by atomic mass is 16.5. The van der Waals surface area contributed by atoms with E-state index in [0.717, 1.165) is 16.7 Å². The van der Waals surface area contributed by atoms with Crippen molar-refractivity contribution >= 4 is 5.97 Å². The first-order valence-electron chi connectivity index (χ1n) is 4.65. The molecule has 0 bridgehead atoms. The van der Waals surface area contributed by atoms with Crippen LogP contribution in [0, 0.1) is 20.8 Å². The molecule has 75 valence electrons. The maximum absolute atomic E-state index is 11.3. The van der Waals surface area contributed by atoms with Crippen LogP contribution < -0.4 is 0 Å². The number of esters is 1. The summed E-state index contributed by atoms with van der Waals surface area (Å²) in [5.74, 6) is -0.211. The Hall–Kier alpha value is -1.31. The maximum Gasteiger partial charge on any atom is 0.310 e. The van der Waals surface area contributed by atoms with Gasteiger partial charge in [-0.2, -0.15) is 0 Å². The molecule has 0 N–H and O–H groups in total. The highest BCUT2D eigenvalue weighted by molar-refractivity contribution is 5.73. The molecule has 0 atom stereocenters. The fraction of sp³-hybridized carbons (Fsp3) is 0.333. The minimum Gasteiger partial charge on any atom is -0.465 e. The second-order valence-electron chi connectivity index (χ2n) is 3.27. The van der Waals surface area contributed by atoms with Crippen LogP contribution in [0.15, 0.2) is 18.2 Å². The van der Waals surface area contributed by atoms with E-state index in [1.807, 2.05) is 32.0 Å². The molecule has 0 aliphatic rings. The van der Waals surface area contributed by atoms with Crippen LogP contribution in [-0.4, -0.2) is 12.6 Å². The number of aryl methyl sites for hydroxylation is 2. The smallest absolute Gasteiger partial charge is 0.310 e. The van der Waals surface area contributed by atoms with Crippen LogP contribution in [0.25, 0.3) is 0 Å². The maximum atomic E-state index is 11.3. The topological polar surface area (TPSA) is 26.3 Å². The summed E-state index contributed by atoms with van der Waals surface area (Å²) < 4.78 is 4.81. The molecule has 1 aromatic carbocycles. The molecule has 14 heavy (non-hydrogen) atoms. The molecule has 0 saturated heterocycles. The molecular formula is C12H15O2. The van der Waals surface area contributed by atoms with E-state index in [1.165, 1.54) is 0 Å². The Morgan fingerprint density at radius 2 is 1.93 bits per heavy atom. The quantitative estimate of drug-likeness (QED) is 0.685. The lowest BCUT2D eigenvalue weighted by molar-refractivity contribution is -0.141. The first kappa shape index (κ1) is 10.8. The van der Waals surface area contributed by atoms with Crippen molar-refractivity contribution in [3.8, 4) is 0 Å². The number of hydrogen-bond acceptors (Lipinski definition) is 2. The van der Waals surface area contributed by atoms with Crippen molar-refractivity contribution in [2.75, 3.05) is 6.61 Å². The minimum atomic E-state index is -0.211. The van der Waals surface area contributed by atoms with Gasteiger partial charge in [0.05, 0.1) is 13.0 Å². The van der Waals surface area contributed by atoms with Gasteiger partial charge in [-0.05, 0) is 37.5 Å². The van der Waals surface area contributed by atoms with Gasteiger partial charge < -0.3 is 4.74 Å². The Labute approximate surface area is 84.9 Å². The van der Waals surface area contributed by atoms with Crippen molar-refractivity contribution in [2.24, 2.45) is 0 Å². The number of carbonyl (C=O) groups is 1. The molecule has 1 aromatic rings. The van der Waals surface area contributed by atoms with Crippen LogP contribution in [0.4, 0.5) is 0 Å². The van der Waals surface area contributed by atoms with E-state index in [4.69, 9.17) is 4.74 Å². The molecule has 0 amide bonds. The molecule has 0 aliphatic heterocycles. The van der Waals surface area contributed by atoms with Gasteiger partial charge in [0.1, 0.15) is 0 Å². The third-order valence-electron chi connectivity index (χ3n) is 2.23. The number of carbonyl (C=O) groups excluding carboxylic acids is 1. The van der Waals surface area contributed by atoms with E-state index in [9.17, 15) is 4.79 Å². The van der Waals surface area contributed by atoms with Crippen LogP contribution in [0.2, 0.25) is 0 Å². The lowest BCUT2D eigenvalue weighted by Crippen LogP contribution is -2.09. The van der Waals surface area contributed by atoms with Crippen LogP contribution in [0.3, 0.4) is 0 Å². The zero-order valence-electron chi connectivity index (χ0n) is 8.67. The molecule has 0 heterocycles. The zero-order chi connectivity index (χ0) is 10.6. The Morgan fingerprint density at radius 3 is 2.43 bits per heavy atom. The first-order valence-corrected chi connectivity index (χ1v) is 4.65. The lowest BCUT2D eigenvalue weighted by atomic mass is 10.0.